The van der Waals surface area contributed by atoms with Gasteiger partial charge >= 0.3 is 0 Å². The minimum atomic E-state index is -0.0592. The summed E-state index contributed by atoms with van der Waals surface area (Å²) in [6, 6.07) is 7.85. The quantitative estimate of drug-likeness (QED) is 0.786. The van der Waals surface area contributed by atoms with E-state index in [0.717, 1.165) is 50.5 Å². The number of nitrogens with one attached hydrogen (secondary N) is 2. The molecule has 1 fully saturated rings. The van der Waals surface area contributed by atoms with E-state index >= 15 is 0 Å². The van der Waals surface area contributed by atoms with Crippen LogP contribution in [0.3, 0.4) is 0 Å². The summed E-state index contributed by atoms with van der Waals surface area (Å²) in [5.74, 6) is 0.744. The summed E-state index contributed by atoms with van der Waals surface area (Å²) in [6.07, 6.45) is 0.904. The highest BCUT2D eigenvalue weighted by Crippen LogP contribution is 2.17. The van der Waals surface area contributed by atoms with Crippen molar-refractivity contribution in [1.82, 2.24) is 15.5 Å². The molecule has 1 amide bonds. The molecule has 0 radical (unpaired) electrons. The van der Waals surface area contributed by atoms with Crippen molar-refractivity contribution in [2.24, 2.45) is 0 Å². The topological polar surface area (TPSA) is 53.6 Å². The van der Waals surface area contributed by atoms with Crippen LogP contribution in [0.1, 0.15) is 12.5 Å². The maximum absolute atomic E-state index is 11.8. The highest BCUT2D eigenvalue weighted by atomic mass is 35.5. The molecule has 2 N–H and O–H groups in total. The first-order chi connectivity index (χ1) is 10.3. The molecule has 22 heavy (non-hydrogen) atoms. The third-order valence-electron chi connectivity index (χ3n) is 3.67. The molecule has 124 valence electrons. The van der Waals surface area contributed by atoms with Gasteiger partial charge in [0.25, 0.3) is 5.91 Å². The van der Waals surface area contributed by atoms with Gasteiger partial charge in [0, 0.05) is 39.3 Å². The predicted octanol–water partition coefficient (Wildman–Crippen LogP) is 1.07. The normalized spacial score (nSPS) is 15.0. The van der Waals surface area contributed by atoms with Crippen molar-refractivity contribution >= 4 is 18.3 Å². The molecular weight excluding hydrogens is 302 g/mol. The van der Waals surface area contributed by atoms with Crippen molar-refractivity contribution < 1.29 is 9.53 Å². The Bertz CT molecular complexity index is 451. The average Bonchev–Trinajstić information content (AvgIpc) is 2.54. The van der Waals surface area contributed by atoms with Crippen molar-refractivity contribution in [3.05, 3.63) is 29.8 Å². The Kier molecular flexibility index (Phi) is 8.89. The number of ether oxygens (including phenoxy) is 1. The molecule has 6 heteroatoms. The lowest BCUT2D eigenvalue weighted by atomic mass is 10.1. The predicted molar refractivity (Wildman–Crippen MR) is 90.9 cm³/mol. The number of para-hydroxylation sites is 1. The summed E-state index contributed by atoms with van der Waals surface area (Å²) in [5, 5.41) is 6.23. The van der Waals surface area contributed by atoms with Crippen LogP contribution in [0, 0.1) is 0 Å². The smallest absolute Gasteiger partial charge is 0.257 e. The molecule has 1 aromatic rings. The second-order valence-corrected chi connectivity index (χ2v) is 5.19. The van der Waals surface area contributed by atoms with Crippen molar-refractivity contribution in [3.63, 3.8) is 0 Å². The van der Waals surface area contributed by atoms with Gasteiger partial charge in [-0.05, 0) is 18.1 Å². The summed E-state index contributed by atoms with van der Waals surface area (Å²) >= 11 is 0. The first kappa shape index (κ1) is 18.7. The van der Waals surface area contributed by atoms with Crippen LogP contribution >= 0.6 is 12.4 Å². The zero-order valence-electron chi connectivity index (χ0n) is 13.1. The fourth-order valence-electron chi connectivity index (χ4n) is 2.42. The highest BCUT2D eigenvalue weighted by Gasteiger charge is 2.10. The van der Waals surface area contributed by atoms with Gasteiger partial charge in [-0.2, -0.15) is 0 Å². The molecule has 0 aromatic heterocycles. The van der Waals surface area contributed by atoms with Gasteiger partial charge in [0.1, 0.15) is 5.75 Å². The Morgan fingerprint density at radius 1 is 1.32 bits per heavy atom. The minimum absolute atomic E-state index is 0. The van der Waals surface area contributed by atoms with Gasteiger partial charge in [-0.1, -0.05) is 25.1 Å². The van der Waals surface area contributed by atoms with Crippen LogP contribution in [0.5, 0.6) is 5.75 Å². The van der Waals surface area contributed by atoms with E-state index in [0.29, 0.717) is 6.54 Å². The molecule has 1 saturated heterocycles. The van der Waals surface area contributed by atoms with Crippen molar-refractivity contribution in [3.8, 4) is 5.75 Å². The number of nitrogens with zero attached hydrogens (tertiary/aromatic N) is 1. The van der Waals surface area contributed by atoms with E-state index in [4.69, 9.17) is 4.74 Å². The lowest BCUT2D eigenvalue weighted by Crippen LogP contribution is -2.46. The monoisotopic (exact) mass is 327 g/mol. The Morgan fingerprint density at radius 3 is 2.77 bits per heavy atom. The molecule has 0 spiro atoms. The largest absolute Gasteiger partial charge is 0.483 e. The fourth-order valence-corrected chi connectivity index (χ4v) is 2.42. The van der Waals surface area contributed by atoms with Crippen LogP contribution < -0.4 is 15.4 Å². The molecule has 1 aliphatic rings. The zero-order chi connectivity index (χ0) is 14.9. The Labute approximate surface area is 138 Å². The molecule has 5 nitrogen and oxygen atoms in total. The molecule has 1 aromatic carbocycles. The van der Waals surface area contributed by atoms with E-state index in [1.165, 1.54) is 0 Å². The molecular formula is C16H26ClN3O2. The molecule has 0 bridgehead atoms. The van der Waals surface area contributed by atoms with E-state index in [9.17, 15) is 4.79 Å². The van der Waals surface area contributed by atoms with Crippen molar-refractivity contribution in [2.75, 3.05) is 45.9 Å². The van der Waals surface area contributed by atoms with E-state index < -0.39 is 0 Å². The number of halogens is 1. The third kappa shape index (κ3) is 6.22. The summed E-state index contributed by atoms with van der Waals surface area (Å²) in [4.78, 5) is 14.1. The summed E-state index contributed by atoms with van der Waals surface area (Å²) in [6.45, 7) is 7.91. The van der Waals surface area contributed by atoms with E-state index in [1.54, 1.807) is 0 Å². The van der Waals surface area contributed by atoms with E-state index in [2.05, 4.69) is 22.5 Å². The summed E-state index contributed by atoms with van der Waals surface area (Å²) in [5.41, 5.74) is 1.13. The number of carbonyl (C=O) groups excluding carboxylic acids is 1. The first-order valence-corrected chi connectivity index (χ1v) is 7.70. The number of aryl methyl sites for hydroxylation is 1. The number of piperazine rings is 1. The van der Waals surface area contributed by atoms with Crippen molar-refractivity contribution in [1.29, 1.82) is 0 Å². The van der Waals surface area contributed by atoms with Crippen molar-refractivity contribution in [2.45, 2.75) is 13.3 Å². The number of benzene rings is 1. The van der Waals surface area contributed by atoms with E-state index in [1.807, 2.05) is 24.3 Å². The Morgan fingerprint density at radius 2 is 2.05 bits per heavy atom. The van der Waals surface area contributed by atoms with Gasteiger partial charge < -0.3 is 15.4 Å². The molecule has 0 atom stereocenters. The number of amides is 1. The second kappa shape index (κ2) is 10.4. The van der Waals surface area contributed by atoms with Gasteiger partial charge in [0.2, 0.25) is 0 Å². The van der Waals surface area contributed by atoms with Crippen LogP contribution in [-0.2, 0) is 11.2 Å². The molecule has 1 aliphatic heterocycles. The van der Waals surface area contributed by atoms with Crippen LogP contribution in [0.4, 0.5) is 0 Å². The Balaban J connectivity index is 0.00000242. The fraction of sp³-hybridized carbons (Fsp3) is 0.562. The summed E-state index contributed by atoms with van der Waals surface area (Å²) in [7, 11) is 0. The number of carbonyl (C=O) groups is 1. The number of hydrogen-bond donors (Lipinski definition) is 2. The van der Waals surface area contributed by atoms with Gasteiger partial charge in [-0.3, -0.25) is 9.69 Å². The average molecular weight is 328 g/mol. The van der Waals surface area contributed by atoms with Gasteiger partial charge in [0.05, 0.1) is 0 Å². The zero-order valence-corrected chi connectivity index (χ0v) is 14.0. The number of rotatable bonds is 7. The molecule has 0 unspecified atom stereocenters. The standard InChI is InChI=1S/C16H25N3O2.ClH/c1-2-14-5-3-4-6-15(14)21-13-16(20)18-9-12-19-10-7-17-8-11-19;/h3-6,17H,2,7-13H2,1H3,(H,18,20);1H. The maximum Gasteiger partial charge on any atom is 0.257 e. The van der Waals surface area contributed by atoms with Crippen LogP contribution in [-0.4, -0.2) is 56.7 Å². The molecule has 2 rings (SSSR count). The lowest BCUT2D eigenvalue weighted by Gasteiger charge is -2.27. The van der Waals surface area contributed by atoms with E-state index in [-0.39, 0.29) is 24.9 Å². The lowest BCUT2D eigenvalue weighted by molar-refractivity contribution is -0.123. The summed E-state index contributed by atoms with van der Waals surface area (Å²) < 4.78 is 5.60. The maximum atomic E-state index is 11.8. The highest BCUT2D eigenvalue weighted by molar-refractivity contribution is 5.85. The van der Waals surface area contributed by atoms with Gasteiger partial charge in [0.15, 0.2) is 6.61 Å². The van der Waals surface area contributed by atoms with Gasteiger partial charge in [-0.25, -0.2) is 0 Å². The van der Waals surface area contributed by atoms with Crippen LogP contribution in [0.25, 0.3) is 0 Å². The molecule has 0 saturated carbocycles. The molecule has 0 aliphatic carbocycles. The number of hydrogen-bond acceptors (Lipinski definition) is 4. The second-order valence-electron chi connectivity index (χ2n) is 5.19. The van der Waals surface area contributed by atoms with Crippen LogP contribution in [0.15, 0.2) is 24.3 Å². The SMILES string of the molecule is CCc1ccccc1OCC(=O)NCCN1CCNCC1.Cl. The minimum Gasteiger partial charge on any atom is -0.483 e. The third-order valence-corrected chi connectivity index (χ3v) is 3.67. The molecule has 1 heterocycles. The van der Waals surface area contributed by atoms with Crippen LogP contribution in [0.2, 0.25) is 0 Å². The van der Waals surface area contributed by atoms with Gasteiger partial charge in [-0.15, -0.1) is 12.4 Å². The first-order valence-electron chi connectivity index (χ1n) is 7.70. The Hall–Kier alpha value is -1.30.